The van der Waals surface area contributed by atoms with Gasteiger partial charge < -0.3 is 9.47 Å². The fourth-order valence-corrected chi connectivity index (χ4v) is 3.76. The molecular weight excluding hydrogens is 332 g/mol. The number of hydrogen-bond acceptors (Lipinski definition) is 3. The van der Waals surface area contributed by atoms with Gasteiger partial charge in [-0.1, -0.05) is 46.3 Å². The fraction of sp³-hybridized carbons (Fsp3) is 0.588. The van der Waals surface area contributed by atoms with Gasteiger partial charge in [0.25, 0.3) is 0 Å². The summed E-state index contributed by atoms with van der Waals surface area (Å²) in [5, 5.41) is 0. The lowest BCUT2D eigenvalue weighted by Crippen LogP contribution is -2.55. The summed E-state index contributed by atoms with van der Waals surface area (Å²) in [6.45, 7) is 8.23. The van der Waals surface area contributed by atoms with Crippen molar-refractivity contribution in [3.63, 3.8) is 0 Å². The lowest BCUT2D eigenvalue weighted by Gasteiger charge is -2.50. The van der Waals surface area contributed by atoms with Crippen molar-refractivity contribution in [2.24, 2.45) is 5.92 Å². The fourth-order valence-electron chi connectivity index (χ4n) is 3.03. The van der Waals surface area contributed by atoms with Crippen LogP contribution in [0.2, 0.25) is 0 Å². The molecule has 1 heterocycles. The van der Waals surface area contributed by atoms with E-state index in [-0.39, 0.29) is 16.7 Å². The van der Waals surface area contributed by atoms with E-state index in [0.29, 0.717) is 13.0 Å². The molecule has 3 nitrogen and oxygen atoms in total. The summed E-state index contributed by atoms with van der Waals surface area (Å²) in [7, 11) is 0. The smallest absolute Gasteiger partial charge is 0.311 e. The molecule has 1 aromatic rings. The largest absolute Gasteiger partial charge is 0.466 e. The van der Waals surface area contributed by atoms with Crippen molar-refractivity contribution in [2.75, 3.05) is 6.61 Å². The van der Waals surface area contributed by atoms with Gasteiger partial charge in [-0.25, -0.2) is 0 Å². The van der Waals surface area contributed by atoms with E-state index in [1.54, 1.807) is 0 Å². The van der Waals surface area contributed by atoms with Gasteiger partial charge >= 0.3 is 5.97 Å². The van der Waals surface area contributed by atoms with Crippen molar-refractivity contribution in [1.82, 2.24) is 0 Å². The number of esters is 1. The molecule has 0 amide bonds. The molecule has 1 saturated heterocycles. The average Bonchev–Trinajstić information content (AvgIpc) is 2.43. The van der Waals surface area contributed by atoms with E-state index in [4.69, 9.17) is 9.47 Å². The first-order valence-electron chi connectivity index (χ1n) is 7.37. The topological polar surface area (TPSA) is 35.5 Å². The van der Waals surface area contributed by atoms with Crippen LogP contribution >= 0.6 is 15.9 Å². The van der Waals surface area contributed by atoms with Gasteiger partial charge in [0.15, 0.2) is 0 Å². The number of benzene rings is 1. The van der Waals surface area contributed by atoms with Crippen LogP contribution < -0.4 is 0 Å². The van der Waals surface area contributed by atoms with E-state index in [1.165, 1.54) is 0 Å². The van der Waals surface area contributed by atoms with Gasteiger partial charge in [-0.05, 0) is 39.7 Å². The molecule has 0 bridgehead atoms. The maximum atomic E-state index is 12.2. The van der Waals surface area contributed by atoms with Gasteiger partial charge in [-0.15, -0.1) is 0 Å². The van der Waals surface area contributed by atoms with Crippen LogP contribution in [-0.4, -0.2) is 23.0 Å². The Morgan fingerprint density at radius 2 is 1.95 bits per heavy atom. The normalized spacial score (nSPS) is 31.7. The Hall–Kier alpha value is -0.870. The molecule has 0 N–H and O–H groups in total. The third-order valence-electron chi connectivity index (χ3n) is 4.27. The van der Waals surface area contributed by atoms with E-state index in [0.717, 1.165) is 5.56 Å². The molecular formula is C17H23BrO3. The first-order valence-corrected chi connectivity index (χ1v) is 8.29. The highest BCUT2D eigenvalue weighted by Gasteiger charge is 2.52. The highest BCUT2D eigenvalue weighted by Crippen LogP contribution is 2.48. The molecule has 1 fully saturated rings. The Labute approximate surface area is 135 Å². The molecule has 0 aliphatic carbocycles. The first kappa shape index (κ1) is 16.5. The monoisotopic (exact) mass is 354 g/mol. The van der Waals surface area contributed by atoms with Crippen LogP contribution in [0.25, 0.3) is 0 Å². The van der Waals surface area contributed by atoms with E-state index in [2.05, 4.69) is 35.0 Å². The molecule has 0 radical (unpaired) electrons. The maximum absolute atomic E-state index is 12.2. The summed E-state index contributed by atoms with van der Waals surface area (Å²) >= 11 is 3.73. The van der Waals surface area contributed by atoms with E-state index in [9.17, 15) is 4.79 Å². The summed E-state index contributed by atoms with van der Waals surface area (Å²) in [5.41, 5.74) is 0.0803. The number of halogens is 1. The molecule has 0 spiro atoms. The molecule has 1 aliphatic heterocycles. The SMILES string of the molecule is CCOC(=O)[C@@H]1C[C@H](Br)[C@@](C)(c2ccccc2)OC1(C)C. The van der Waals surface area contributed by atoms with Crippen LogP contribution in [-0.2, 0) is 19.9 Å². The first-order chi connectivity index (χ1) is 9.81. The number of hydrogen-bond donors (Lipinski definition) is 0. The van der Waals surface area contributed by atoms with Gasteiger partial charge in [-0.2, -0.15) is 0 Å². The van der Waals surface area contributed by atoms with Crippen molar-refractivity contribution in [1.29, 1.82) is 0 Å². The number of rotatable bonds is 3. The predicted molar refractivity (Wildman–Crippen MR) is 86.4 cm³/mol. The van der Waals surface area contributed by atoms with Crippen molar-refractivity contribution in [3.8, 4) is 0 Å². The number of carbonyl (C=O) groups excluding carboxylic acids is 1. The zero-order valence-corrected chi connectivity index (χ0v) is 14.6. The Kier molecular flexibility index (Phi) is 4.79. The lowest BCUT2D eigenvalue weighted by molar-refractivity contribution is -0.206. The molecule has 2 rings (SSSR count). The highest BCUT2D eigenvalue weighted by molar-refractivity contribution is 9.09. The Morgan fingerprint density at radius 3 is 2.52 bits per heavy atom. The molecule has 1 aromatic carbocycles. The second kappa shape index (κ2) is 6.09. The number of ether oxygens (including phenoxy) is 2. The van der Waals surface area contributed by atoms with Gasteiger partial charge in [0, 0.05) is 4.83 Å². The summed E-state index contributed by atoms with van der Waals surface area (Å²) in [6.07, 6.45) is 0.692. The van der Waals surface area contributed by atoms with E-state index < -0.39 is 11.2 Å². The van der Waals surface area contributed by atoms with Gasteiger partial charge in [-0.3, -0.25) is 4.79 Å². The Bertz CT molecular complexity index is 500. The molecule has 3 atom stereocenters. The molecule has 4 heteroatoms. The van der Waals surface area contributed by atoms with Crippen LogP contribution in [0.1, 0.15) is 39.7 Å². The van der Waals surface area contributed by atoms with Crippen molar-refractivity contribution in [3.05, 3.63) is 35.9 Å². The minimum absolute atomic E-state index is 0.0508. The molecule has 0 saturated carbocycles. The second-order valence-electron chi connectivity index (χ2n) is 6.19. The molecule has 0 unspecified atom stereocenters. The summed E-state index contributed by atoms with van der Waals surface area (Å²) in [4.78, 5) is 12.2. The predicted octanol–water partition coefficient (Wildman–Crippen LogP) is 4.04. The van der Waals surface area contributed by atoms with Crippen LogP contribution in [0.3, 0.4) is 0 Å². The Balaban J connectivity index is 2.30. The summed E-state index contributed by atoms with van der Waals surface area (Å²) < 4.78 is 11.6. The average molecular weight is 355 g/mol. The molecule has 21 heavy (non-hydrogen) atoms. The van der Waals surface area contributed by atoms with Gasteiger partial charge in [0.2, 0.25) is 0 Å². The third kappa shape index (κ3) is 3.16. The van der Waals surface area contributed by atoms with Gasteiger partial charge in [0.1, 0.15) is 5.60 Å². The Morgan fingerprint density at radius 1 is 1.33 bits per heavy atom. The zero-order chi connectivity index (χ0) is 15.7. The van der Waals surface area contributed by atoms with Crippen molar-refractivity contribution in [2.45, 2.75) is 50.1 Å². The van der Waals surface area contributed by atoms with E-state index in [1.807, 2.05) is 39.0 Å². The van der Waals surface area contributed by atoms with Crippen molar-refractivity contribution >= 4 is 21.9 Å². The minimum atomic E-state index is -0.568. The maximum Gasteiger partial charge on any atom is 0.311 e. The second-order valence-corrected chi connectivity index (χ2v) is 7.29. The van der Waals surface area contributed by atoms with Crippen LogP contribution in [0.4, 0.5) is 0 Å². The third-order valence-corrected chi connectivity index (χ3v) is 5.52. The molecule has 116 valence electrons. The highest BCUT2D eigenvalue weighted by atomic mass is 79.9. The number of alkyl halides is 1. The summed E-state index contributed by atoms with van der Waals surface area (Å²) in [5.74, 6) is -0.444. The molecule has 1 aliphatic rings. The minimum Gasteiger partial charge on any atom is -0.466 e. The van der Waals surface area contributed by atoms with E-state index >= 15 is 0 Å². The van der Waals surface area contributed by atoms with Crippen LogP contribution in [0, 0.1) is 5.92 Å². The van der Waals surface area contributed by atoms with Crippen LogP contribution in [0.15, 0.2) is 30.3 Å². The van der Waals surface area contributed by atoms with Crippen molar-refractivity contribution < 1.29 is 14.3 Å². The quantitative estimate of drug-likeness (QED) is 0.606. The van der Waals surface area contributed by atoms with Crippen LogP contribution in [0.5, 0.6) is 0 Å². The lowest BCUT2D eigenvalue weighted by atomic mass is 9.76. The summed E-state index contributed by atoms with van der Waals surface area (Å²) in [6, 6.07) is 10.1. The zero-order valence-electron chi connectivity index (χ0n) is 13.1. The van der Waals surface area contributed by atoms with Gasteiger partial charge in [0.05, 0.1) is 18.1 Å². The standard InChI is InChI=1S/C17H23BrO3/c1-5-20-15(19)13-11-14(18)17(4,21-16(13,2)3)12-9-7-6-8-10-12/h6-10,13-14H,5,11H2,1-4H3/t13-,14-,17+/m0/s1. The number of carbonyl (C=O) groups is 1. The molecule has 0 aromatic heterocycles.